The van der Waals surface area contributed by atoms with E-state index < -0.39 is 65.7 Å². The molecule has 0 spiro atoms. The molecule has 0 unspecified atom stereocenters. The van der Waals surface area contributed by atoms with Gasteiger partial charge in [0, 0.05) is 64.4 Å². The summed E-state index contributed by atoms with van der Waals surface area (Å²) in [7, 11) is 4.71. The summed E-state index contributed by atoms with van der Waals surface area (Å²) >= 11 is 0. The maximum Gasteiger partial charge on any atom is 0.329 e. The molecule has 380 valence electrons. The summed E-state index contributed by atoms with van der Waals surface area (Å²) in [5.74, 6) is -7.02. The molecule has 0 aromatic heterocycles. The highest BCUT2D eigenvalue weighted by molar-refractivity contribution is 6.39. The van der Waals surface area contributed by atoms with E-state index in [0.717, 1.165) is 17.6 Å². The fourth-order valence-electron chi connectivity index (χ4n) is 10.7. The monoisotopic (exact) mass is 942 g/mol. The van der Waals surface area contributed by atoms with Crippen molar-refractivity contribution in [1.29, 1.82) is 0 Å². The molecular formula is C54H87NO12. The quantitative estimate of drug-likeness (QED) is 0.0367. The van der Waals surface area contributed by atoms with E-state index in [4.69, 9.17) is 23.7 Å². The summed E-state index contributed by atoms with van der Waals surface area (Å²) in [5, 5.41) is 22.4. The second-order valence-corrected chi connectivity index (χ2v) is 20.2. The zero-order valence-corrected chi connectivity index (χ0v) is 43.0. The third-order valence-electron chi connectivity index (χ3n) is 15.0. The minimum absolute atomic E-state index is 0.0307. The van der Waals surface area contributed by atoms with Crippen molar-refractivity contribution < 1.29 is 57.9 Å². The van der Waals surface area contributed by atoms with Gasteiger partial charge in [-0.15, -0.1) is 0 Å². The van der Waals surface area contributed by atoms with E-state index in [1.54, 1.807) is 34.3 Å². The van der Waals surface area contributed by atoms with Crippen LogP contribution >= 0.6 is 0 Å². The number of aliphatic hydroxyl groups excluding tert-OH is 1. The highest BCUT2D eigenvalue weighted by Crippen LogP contribution is 2.38. The van der Waals surface area contributed by atoms with Crippen molar-refractivity contribution in [3.8, 4) is 0 Å². The van der Waals surface area contributed by atoms with Gasteiger partial charge in [-0.05, 0) is 115 Å². The molecule has 2 saturated heterocycles. The Morgan fingerprint density at radius 3 is 2.25 bits per heavy atom. The largest absolute Gasteiger partial charge is 0.460 e. The van der Waals surface area contributed by atoms with Crippen LogP contribution in [0.1, 0.15) is 146 Å². The van der Waals surface area contributed by atoms with E-state index in [2.05, 4.69) is 19.6 Å². The van der Waals surface area contributed by atoms with Crippen LogP contribution in [-0.4, -0.2) is 121 Å². The predicted octanol–water partition coefficient (Wildman–Crippen LogP) is 8.48. The van der Waals surface area contributed by atoms with E-state index in [0.29, 0.717) is 64.2 Å². The number of hydrogen-bond acceptors (Lipinski definition) is 12. The first-order chi connectivity index (χ1) is 31.7. The Bertz CT molecular complexity index is 1740. The highest BCUT2D eigenvalue weighted by atomic mass is 16.6. The Hall–Kier alpha value is -3.33. The van der Waals surface area contributed by atoms with Gasteiger partial charge in [-0.2, -0.15) is 0 Å². The van der Waals surface area contributed by atoms with E-state index >= 15 is 0 Å². The molecule has 0 radical (unpaired) electrons. The number of allylic oxidation sites excluding steroid dienone is 5. The number of Topliss-reactive ketones (excluding diaryl/α,β-unsaturated/α-hetero) is 3. The SMILES string of the molecule is C=C/C=C(\C)[C@H](C[C@@H]1CC[C@@H](C)[C@](O)(C(=O)C(=O)N2CCCC[C@H]2C(=O)O[C@@H](CC(=O)[C@H](C)/C=C(\C)[C@@H](CC)[C@@H](OC)C(=O)[C@H](C)C[C@H](C)/C=C/C)[C@H](C)C[C@@H]2CC[C@@H](O)[C@H](OC)C2)O1)OC. The van der Waals surface area contributed by atoms with Gasteiger partial charge in [-0.25, -0.2) is 4.79 Å². The first-order valence-corrected chi connectivity index (χ1v) is 25.1. The number of ether oxygens (including phenoxy) is 5. The van der Waals surface area contributed by atoms with Crippen LogP contribution in [0.5, 0.6) is 0 Å². The second kappa shape index (κ2) is 27.8. The van der Waals surface area contributed by atoms with Crippen molar-refractivity contribution in [2.24, 2.45) is 41.4 Å². The Morgan fingerprint density at radius 2 is 1.64 bits per heavy atom. The van der Waals surface area contributed by atoms with Gasteiger partial charge in [0.05, 0.1) is 24.4 Å². The van der Waals surface area contributed by atoms with Crippen molar-refractivity contribution in [1.82, 2.24) is 4.90 Å². The van der Waals surface area contributed by atoms with Crippen LogP contribution in [0.15, 0.2) is 48.1 Å². The molecular weight excluding hydrogens is 855 g/mol. The van der Waals surface area contributed by atoms with Crippen molar-refractivity contribution in [2.75, 3.05) is 27.9 Å². The van der Waals surface area contributed by atoms with E-state index in [1.807, 2.05) is 66.7 Å². The van der Waals surface area contributed by atoms with Crippen molar-refractivity contribution >= 4 is 29.2 Å². The van der Waals surface area contributed by atoms with Gasteiger partial charge in [0.2, 0.25) is 5.79 Å². The number of carbonyl (C=O) groups is 5. The number of carbonyl (C=O) groups excluding carboxylic acids is 5. The van der Waals surface area contributed by atoms with Crippen molar-refractivity contribution in [3.05, 3.63) is 48.1 Å². The molecule has 15 atom stereocenters. The van der Waals surface area contributed by atoms with Crippen molar-refractivity contribution in [3.63, 3.8) is 0 Å². The third kappa shape index (κ3) is 15.8. The third-order valence-corrected chi connectivity index (χ3v) is 15.0. The number of esters is 1. The molecule has 3 rings (SSSR count). The van der Waals surface area contributed by atoms with Gasteiger partial charge in [-0.3, -0.25) is 19.2 Å². The molecule has 1 aliphatic carbocycles. The minimum atomic E-state index is -2.41. The lowest BCUT2D eigenvalue weighted by molar-refractivity contribution is -0.265. The summed E-state index contributed by atoms with van der Waals surface area (Å²) in [4.78, 5) is 72.1. The van der Waals surface area contributed by atoms with Gasteiger partial charge >= 0.3 is 5.97 Å². The molecule has 13 nitrogen and oxygen atoms in total. The van der Waals surface area contributed by atoms with Crippen LogP contribution in [0, 0.1) is 41.4 Å². The summed E-state index contributed by atoms with van der Waals surface area (Å²) in [6.07, 6.45) is 12.6. The topological polar surface area (TPSA) is 175 Å². The molecule has 0 aromatic rings. The van der Waals surface area contributed by atoms with Crippen LogP contribution in [-0.2, 0) is 47.7 Å². The number of amides is 1. The molecule has 67 heavy (non-hydrogen) atoms. The Labute approximate surface area is 402 Å². The highest BCUT2D eigenvalue weighted by Gasteiger charge is 2.53. The van der Waals surface area contributed by atoms with Crippen LogP contribution in [0.25, 0.3) is 0 Å². The molecule has 2 heterocycles. The number of likely N-dealkylation sites (tertiary alicyclic amines) is 1. The molecule has 1 saturated carbocycles. The lowest BCUT2D eigenvalue weighted by atomic mass is 9.78. The van der Waals surface area contributed by atoms with Gasteiger partial charge in [0.1, 0.15) is 24.0 Å². The van der Waals surface area contributed by atoms with Gasteiger partial charge in [0.25, 0.3) is 11.7 Å². The second-order valence-electron chi connectivity index (χ2n) is 20.2. The van der Waals surface area contributed by atoms with Crippen LogP contribution in [0.4, 0.5) is 0 Å². The molecule has 3 aliphatic rings. The number of ketones is 3. The van der Waals surface area contributed by atoms with E-state index in [9.17, 15) is 34.2 Å². The minimum Gasteiger partial charge on any atom is -0.460 e. The lowest BCUT2D eigenvalue weighted by Crippen LogP contribution is -2.61. The fraction of sp³-hybridized carbons (Fsp3) is 0.759. The zero-order valence-electron chi connectivity index (χ0n) is 43.0. The van der Waals surface area contributed by atoms with Gasteiger partial charge < -0.3 is 38.8 Å². The first-order valence-electron chi connectivity index (χ1n) is 25.1. The smallest absolute Gasteiger partial charge is 0.329 e. The maximum atomic E-state index is 14.4. The number of aliphatic hydroxyl groups is 2. The molecule has 2 N–H and O–H groups in total. The molecule has 0 bridgehead atoms. The van der Waals surface area contributed by atoms with Crippen molar-refractivity contribution in [2.45, 2.75) is 194 Å². The van der Waals surface area contributed by atoms with E-state index in [-0.39, 0.29) is 72.8 Å². The number of piperidine rings is 1. The summed E-state index contributed by atoms with van der Waals surface area (Å²) in [6, 6.07) is -1.11. The Balaban J connectivity index is 1.88. The number of nitrogens with zero attached hydrogens (tertiary/aromatic N) is 1. The summed E-state index contributed by atoms with van der Waals surface area (Å²) < 4.78 is 29.6. The lowest BCUT2D eigenvalue weighted by Gasteiger charge is -2.42. The zero-order chi connectivity index (χ0) is 50.2. The molecule has 0 aromatic carbocycles. The summed E-state index contributed by atoms with van der Waals surface area (Å²) in [6.45, 7) is 21.1. The summed E-state index contributed by atoms with van der Waals surface area (Å²) in [5.41, 5.74) is 1.77. The fourth-order valence-corrected chi connectivity index (χ4v) is 10.7. The maximum absolute atomic E-state index is 14.4. The Morgan fingerprint density at radius 1 is 0.940 bits per heavy atom. The van der Waals surface area contributed by atoms with Crippen LogP contribution in [0.2, 0.25) is 0 Å². The van der Waals surface area contributed by atoms with Gasteiger partial charge in [-0.1, -0.05) is 84.1 Å². The van der Waals surface area contributed by atoms with Crippen LogP contribution < -0.4 is 0 Å². The number of hydrogen-bond donors (Lipinski definition) is 2. The molecule has 1 amide bonds. The Kier molecular flexibility index (Phi) is 24.0. The average molecular weight is 942 g/mol. The predicted molar refractivity (Wildman–Crippen MR) is 260 cm³/mol. The molecule has 13 heteroatoms. The first kappa shape index (κ1) is 58.0. The van der Waals surface area contributed by atoms with Gasteiger partial charge in [0.15, 0.2) is 5.78 Å². The average Bonchev–Trinajstić information content (AvgIpc) is 3.30. The molecule has 2 aliphatic heterocycles. The molecule has 3 fully saturated rings. The normalized spacial score (nSPS) is 29.0. The van der Waals surface area contributed by atoms with Crippen LogP contribution in [0.3, 0.4) is 0 Å². The standard InChI is InChI=1S/C54H87NO12/c1-14-19-33(4)27-38(9)49(58)50(65-13)42(16-3)35(6)28-36(7)45(57)32-47(37(8)29-40-23-25-44(56)48(30-40)64-12)66-53(61)43-21-17-18-26-55(43)52(60)51(59)54(62)39(10)22-24-41(67-54)31-46(63-11)34(5)20-15-2/h14-15,19-20,28,33,36-44,46-48,50,56,62H,2,16-18,21-27,29-32H2,1,3-13H3/b19-14+,34-20+,35-28+/t33-,36-,37-,38-,39-,40+,41+,42-,43+,44-,46+,47+,48-,50-,54-/m1/s1. The number of methoxy groups -OCH3 is 3. The van der Waals surface area contributed by atoms with E-state index in [1.165, 1.54) is 4.90 Å². The number of rotatable bonds is 26.